The summed E-state index contributed by atoms with van der Waals surface area (Å²) in [6.07, 6.45) is 5.79. The molecule has 0 bridgehead atoms. The average Bonchev–Trinajstić information content (AvgIpc) is 2.99. The zero-order chi connectivity index (χ0) is 10.5. The minimum atomic E-state index is -0.231. The van der Waals surface area contributed by atoms with Crippen molar-refractivity contribution in [1.82, 2.24) is 9.55 Å². The Morgan fingerprint density at radius 2 is 2.33 bits per heavy atom. The van der Waals surface area contributed by atoms with E-state index in [9.17, 15) is 0 Å². The molecule has 2 aromatic heterocycles. The lowest BCUT2D eigenvalue weighted by molar-refractivity contribution is 0.895. The van der Waals surface area contributed by atoms with Crippen molar-refractivity contribution in [3.05, 3.63) is 30.1 Å². The number of nitriles is 1. The molecule has 2 aromatic rings. The molecule has 0 atom stereocenters. The Balaban J connectivity index is 2.22. The Morgan fingerprint density at radius 1 is 1.53 bits per heavy atom. The molecule has 2 heterocycles. The Bertz CT molecular complexity index is 570. The Kier molecular flexibility index (Phi) is 1.47. The van der Waals surface area contributed by atoms with Gasteiger partial charge in [-0.05, 0) is 30.5 Å². The van der Waals surface area contributed by atoms with Crippen molar-refractivity contribution < 1.29 is 0 Å². The van der Waals surface area contributed by atoms with Gasteiger partial charge in [0.05, 0.1) is 22.5 Å². The summed E-state index contributed by atoms with van der Waals surface area (Å²) in [7, 11) is 2.00. The summed E-state index contributed by atoms with van der Waals surface area (Å²) in [6, 6.07) is 6.48. The fourth-order valence-corrected chi connectivity index (χ4v) is 1.99. The first-order chi connectivity index (χ1) is 7.25. The van der Waals surface area contributed by atoms with Gasteiger partial charge in [-0.25, -0.2) is 0 Å². The largest absolute Gasteiger partial charge is 0.349 e. The normalized spacial score (nSPS) is 17.6. The second kappa shape index (κ2) is 2.60. The van der Waals surface area contributed by atoms with Crippen LogP contribution >= 0.6 is 0 Å². The van der Waals surface area contributed by atoms with Crippen molar-refractivity contribution in [1.29, 1.82) is 5.26 Å². The first-order valence-electron chi connectivity index (χ1n) is 5.08. The van der Waals surface area contributed by atoms with Crippen LogP contribution in [0.3, 0.4) is 0 Å². The van der Waals surface area contributed by atoms with Crippen molar-refractivity contribution >= 4 is 11.0 Å². The van der Waals surface area contributed by atoms with E-state index < -0.39 is 0 Å². The van der Waals surface area contributed by atoms with Gasteiger partial charge in [-0.2, -0.15) is 5.26 Å². The van der Waals surface area contributed by atoms with E-state index in [-0.39, 0.29) is 5.41 Å². The topological polar surface area (TPSA) is 41.6 Å². The van der Waals surface area contributed by atoms with E-state index in [1.807, 2.05) is 30.1 Å². The molecule has 3 heteroatoms. The third kappa shape index (κ3) is 1.08. The number of aryl methyl sites for hydroxylation is 1. The molecule has 0 aromatic carbocycles. The Hall–Kier alpha value is -1.82. The lowest BCUT2D eigenvalue weighted by Gasteiger charge is -2.05. The highest BCUT2D eigenvalue weighted by molar-refractivity contribution is 5.76. The van der Waals surface area contributed by atoms with E-state index in [1.165, 1.54) is 0 Å². The van der Waals surface area contributed by atoms with Crippen LogP contribution in [0.5, 0.6) is 0 Å². The molecule has 1 saturated carbocycles. The smallest absolute Gasteiger partial charge is 0.0881 e. The standard InChI is InChI=1S/C12H11N3/c1-15-5-2-10-11(15)6-9(7-14-10)12(8-13)3-4-12/h2,5-7H,3-4H2,1H3. The maximum absolute atomic E-state index is 9.12. The number of pyridine rings is 1. The first kappa shape index (κ1) is 8.49. The molecule has 0 aliphatic heterocycles. The van der Waals surface area contributed by atoms with Crippen molar-refractivity contribution in [3.63, 3.8) is 0 Å². The predicted molar refractivity (Wildman–Crippen MR) is 57.2 cm³/mol. The van der Waals surface area contributed by atoms with Crippen LogP contribution in [0.4, 0.5) is 0 Å². The van der Waals surface area contributed by atoms with Gasteiger partial charge in [-0.3, -0.25) is 4.98 Å². The van der Waals surface area contributed by atoms with Crippen LogP contribution in [0.15, 0.2) is 24.5 Å². The van der Waals surface area contributed by atoms with Crippen molar-refractivity contribution in [2.45, 2.75) is 18.3 Å². The third-order valence-corrected chi connectivity index (χ3v) is 3.25. The number of hydrogen-bond donors (Lipinski definition) is 0. The van der Waals surface area contributed by atoms with E-state index in [0.29, 0.717) is 0 Å². The molecule has 0 amide bonds. The average molecular weight is 197 g/mol. The van der Waals surface area contributed by atoms with Crippen molar-refractivity contribution in [2.24, 2.45) is 7.05 Å². The summed E-state index contributed by atoms with van der Waals surface area (Å²) >= 11 is 0. The summed E-state index contributed by atoms with van der Waals surface area (Å²) in [5.74, 6) is 0. The second-order valence-electron chi connectivity index (χ2n) is 4.25. The predicted octanol–water partition coefficient (Wildman–Crippen LogP) is 2.13. The third-order valence-electron chi connectivity index (χ3n) is 3.25. The zero-order valence-corrected chi connectivity index (χ0v) is 8.57. The van der Waals surface area contributed by atoms with Crippen LogP contribution < -0.4 is 0 Å². The highest BCUT2D eigenvalue weighted by atomic mass is 14.9. The maximum Gasteiger partial charge on any atom is 0.0881 e. The lowest BCUT2D eigenvalue weighted by Crippen LogP contribution is -2.03. The maximum atomic E-state index is 9.12. The fourth-order valence-electron chi connectivity index (χ4n) is 1.99. The molecule has 15 heavy (non-hydrogen) atoms. The molecular weight excluding hydrogens is 186 g/mol. The Labute approximate surface area is 88.0 Å². The molecule has 3 rings (SSSR count). The van der Waals surface area contributed by atoms with Gasteiger partial charge in [0.1, 0.15) is 0 Å². The molecule has 0 N–H and O–H groups in total. The quantitative estimate of drug-likeness (QED) is 0.702. The van der Waals surface area contributed by atoms with Crippen LogP contribution in [0.2, 0.25) is 0 Å². The summed E-state index contributed by atoms with van der Waals surface area (Å²) in [6.45, 7) is 0. The number of aromatic nitrogens is 2. The molecule has 74 valence electrons. The van der Waals surface area contributed by atoms with Crippen molar-refractivity contribution in [3.8, 4) is 6.07 Å². The fraction of sp³-hybridized carbons (Fsp3) is 0.333. The van der Waals surface area contributed by atoms with Crippen molar-refractivity contribution in [2.75, 3.05) is 0 Å². The van der Waals surface area contributed by atoms with Gasteiger partial charge in [0.2, 0.25) is 0 Å². The number of hydrogen-bond acceptors (Lipinski definition) is 2. The van der Waals surface area contributed by atoms with E-state index in [4.69, 9.17) is 5.26 Å². The number of rotatable bonds is 1. The molecule has 1 aliphatic rings. The van der Waals surface area contributed by atoms with Gasteiger partial charge in [-0.1, -0.05) is 0 Å². The van der Waals surface area contributed by atoms with Gasteiger partial charge in [-0.15, -0.1) is 0 Å². The van der Waals surface area contributed by atoms with Crippen LogP contribution in [0.1, 0.15) is 18.4 Å². The monoisotopic (exact) mass is 197 g/mol. The van der Waals surface area contributed by atoms with Crippen LogP contribution in [0, 0.1) is 11.3 Å². The highest BCUT2D eigenvalue weighted by Crippen LogP contribution is 2.47. The minimum absolute atomic E-state index is 0.231. The molecule has 0 saturated heterocycles. The van der Waals surface area contributed by atoms with E-state index in [0.717, 1.165) is 29.4 Å². The Morgan fingerprint density at radius 3 is 3.00 bits per heavy atom. The molecule has 1 fully saturated rings. The number of fused-ring (bicyclic) bond motifs is 1. The zero-order valence-electron chi connectivity index (χ0n) is 8.57. The number of nitrogens with zero attached hydrogens (tertiary/aromatic N) is 3. The van der Waals surface area contributed by atoms with Gasteiger partial charge < -0.3 is 4.57 Å². The van der Waals surface area contributed by atoms with E-state index in [1.54, 1.807) is 0 Å². The summed E-state index contributed by atoms with van der Waals surface area (Å²) in [5.41, 5.74) is 2.94. The summed E-state index contributed by atoms with van der Waals surface area (Å²) < 4.78 is 2.04. The van der Waals surface area contributed by atoms with Gasteiger partial charge >= 0.3 is 0 Å². The van der Waals surface area contributed by atoms with E-state index >= 15 is 0 Å². The summed E-state index contributed by atoms with van der Waals surface area (Å²) in [5, 5.41) is 9.12. The molecule has 3 nitrogen and oxygen atoms in total. The van der Waals surface area contributed by atoms with Gasteiger partial charge in [0.25, 0.3) is 0 Å². The lowest BCUT2D eigenvalue weighted by atomic mass is 9.99. The van der Waals surface area contributed by atoms with Crippen LogP contribution in [0.25, 0.3) is 11.0 Å². The summed E-state index contributed by atoms with van der Waals surface area (Å²) in [4.78, 5) is 4.38. The molecule has 0 spiro atoms. The van der Waals surface area contributed by atoms with Gasteiger partial charge in [0.15, 0.2) is 0 Å². The molecular formula is C12H11N3. The highest BCUT2D eigenvalue weighted by Gasteiger charge is 2.45. The molecule has 0 radical (unpaired) electrons. The van der Waals surface area contributed by atoms with Gasteiger partial charge in [0, 0.05) is 19.4 Å². The second-order valence-corrected chi connectivity index (χ2v) is 4.25. The van der Waals surface area contributed by atoms with Crippen LogP contribution in [-0.2, 0) is 12.5 Å². The molecule has 1 aliphatic carbocycles. The minimum Gasteiger partial charge on any atom is -0.349 e. The first-order valence-corrected chi connectivity index (χ1v) is 5.08. The van der Waals surface area contributed by atoms with E-state index in [2.05, 4.69) is 17.1 Å². The molecule has 0 unspecified atom stereocenters. The van der Waals surface area contributed by atoms with Crippen LogP contribution in [-0.4, -0.2) is 9.55 Å². The SMILES string of the molecule is Cn1ccc2ncc(C3(C#N)CC3)cc21.